The summed E-state index contributed by atoms with van der Waals surface area (Å²) >= 11 is 0. The number of hydrogen-bond acceptors (Lipinski definition) is 5. The first-order valence-electron chi connectivity index (χ1n) is 3.21. The molecule has 0 aromatic carbocycles. The van der Waals surface area contributed by atoms with E-state index < -0.39 is 17.3 Å². The molecule has 0 heterocycles. The van der Waals surface area contributed by atoms with Crippen LogP contribution in [0.2, 0.25) is 0 Å². The number of carbonyl (C=O) groups is 3. The average molecular weight is 174 g/mol. The summed E-state index contributed by atoms with van der Waals surface area (Å²) in [4.78, 5) is 32.2. The van der Waals surface area contributed by atoms with Crippen LogP contribution < -0.4 is 0 Å². The maximum absolute atomic E-state index is 10.8. The number of hydrogen-bond donors (Lipinski definition) is 0. The lowest BCUT2D eigenvalue weighted by Gasteiger charge is -1.96. The zero-order chi connectivity index (χ0) is 9.56. The molecule has 5 heteroatoms. The number of carbonyl (C=O) groups excluding carboxylic acids is 3. The third-order valence-corrected chi connectivity index (χ3v) is 1.06. The molecule has 0 spiro atoms. The van der Waals surface area contributed by atoms with E-state index in [1.807, 2.05) is 0 Å². The molecule has 0 aliphatic rings. The fourth-order valence-corrected chi connectivity index (χ4v) is 0.549. The summed E-state index contributed by atoms with van der Waals surface area (Å²) in [6, 6.07) is 0. The van der Waals surface area contributed by atoms with Crippen LogP contribution in [0.3, 0.4) is 0 Å². The minimum Gasteiger partial charge on any atom is -0.376 e. The van der Waals surface area contributed by atoms with Crippen LogP contribution in [0.1, 0.15) is 0 Å². The van der Waals surface area contributed by atoms with Gasteiger partial charge in [0.2, 0.25) is 11.6 Å². The van der Waals surface area contributed by atoms with Crippen molar-refractivity contribution in [3.8, 4) is 0 Å². The lowest BCUT2D eigenvalue weighted by Crippen LogP contribution is -2.29. The number of ether oxygens (including phenoxy) is 2. The first kappa shape index (κ1) is 10.9. The number of rotatable bonds is 6. The van der Waals surface area contributed by atoms with Crippen LogP contribution in [-0.4, -0.2) is 44.8 Å². The number of ketones is 3. The summed E-state index contributed by atoms with van der Waals surface area (Å²) in [6.45, 7) is -0.734. The molecule has 0 rings (SSSR count). The molecule has 5 nitrogen and oxygen atoms in total. The maximum atomic E-state index is 10.8. The van der Waals surface area contributed by atoms with E-state index in [-0.39, 0.29) is 13.2 Å². The molecule has 0 aliphatic heterocycles. The van der Waals surface area contributed by atoms with Crippen molar-refractivity contribution >= 4 is 17.3 Å². The van der Waals surface area contributed by atoms with Crippen LogP contribution in [0.5, 0.6) is 0 Å². The zero-order valence-corrected chi connectivity index (χ0v) is 6.96. The second kappa shape index (κ2) is 5.56. The first-order chi connectivity index (χ1) is 5.63. The summed E-state index contributed by atoms with van der Waals surface area (Å²) in [6.07, 6.45) is 0. The van der Waals surface area contributed by atoms with Gasteiger partial charge in [0, 0.05) is 14.2 Å². The molecule has 0 saturated carbocycles. The predicted octanol–water partition coefficient (Wildman–Crippen LogP) is -1.01. The highest BCUT2D eigenvalue weighted by Gasteiger charge is 2.21. The van der Waals surface area contributed by atoms with Gasteiger partial charge in [0.05, 0.1) is 0 Å². The quantitative estimate of drug-likeness (QED) is 0.381. The average Bonchev–Trinajstić information content (AvgIpc) is 2.04. The monoisotopic (exact) mass is 174 g/mol. The van der Waals surface area contributed by atoms with Gasteiger partial charge in [-0.05, 0) is 0 Å². The maximum Gasteiger partial charge on any atom is 0.269 e. The predicted molar refractivity (Wildman–Crippen MR) is 38.8 cm³/mol. The Balaban J connectivity index is 4.01. The summed E-state index contributed by atoms with van der Waals surface area (Å²) in [5, 5.41) is 0. The molecular formula is C7H10O5. The molecule has 0 aromatic rings. The highest BCUT2D eigenvalue weighted by molar-refractivity contribution is 6.64. The van der Waals surface area contributed by atoms with E-state index in [9.17, 15) is 14.4 Å². The van der Waals surface area contributed by atoms with Gasteiger partial charge in [0.15, 0.2) is 0 Å². The lowest BCUT2D eigenvalue weighted by atomic mass is 10.2. The van der Waals surface area contributed by atoms with Crippen LogP contribution in [0, 0.1) is 0 Å². The molecule has 68 valence electrons. The molecule has 0 unspecified atom stereocenters. The van der Waals surface area contributed by atoms with E-state index in [0.29, 0.717) is 0 Å². The Morgan fingerprint density at radius 2 is 1.25 bits per heavy atom. The lowest BCUT2D eigenvalue weighted by molar-refractivity contribution is -0.146. The van der Waals surface area contributed by atoms with Crippen molar-refractivity contribution in [1.29, 1.82) is 0 Å². The smallest absolute Gasteiger partial charge is 0.269 e. The standard InChI is InChI=1S/C7H10O5/c1-11-3-5(8)7(10)6(9)4-12-2/h3-4H2,1-2H3. The van der Waals surface area contributed by atoms with Gasteiger partial charge < -0.3 is 9.47 Å². The Hall–Kier alpha value is -1.07. The molecule has 0 bridgehead atoms. The molecular weight excluding hydrogens is 164 g/mol. The topological polar surface area (TPSA) is 69.7 Å². The summed E-state index contributed by atoms with van der Waals surface area (Å²) in [5.41, 5.74) is 0. The van der Waals surface area contributed by atoms with Gasteiger partial charge in [-0.2, -0.15) is 0 Å². The first-order valence-corrected chi connectivity index (χ1v) is 3.21. The number of methoxy groups -OCH3 is 2. The van der Waals surface area contributed by atoms with Crippen molar-refractivity contribution in [2.45, 2.75) is 0 Å². The van der Waals surface area contributed by atoms with Crippen molar-refractivity contribution in [3.05, 3.63) is 0 Å². The van der Waals surface area contributed by atoms with Crippen LogP contribution in [0.4, 0.5) is 0 Å². The molecule has 0 radical (unpaired) electrons. The third kappa shape index (κ3) is 3.36. The Morgan fingerprint density at radius 1 is 0.917 bits per heavy atom. The fourth-order valence-electron chi connectivity index (χ4n) is 0.549. The van der Waals surface area contributed by atoms with Gasteiger partial charge in [0.25, 0.3) is 5.78 Å². The van der Waals surface area contributed by atoms with E-state index in [1.54, 1.807) is 0 Å². The Morgan fingerprint density at radius 3 is 1.50 bits per heavy atom. The fraction of sp³-hybridized carbons (Fsp3) is 0.571. The Kier molecular flexibility index (Phi) is 5.07. The van der Waals surface area contributed by atoms with E-state index in [4.69, 9.17) is 0 Å². The highest BCUT2D eigenvalue weighted by Crippen LogP contribution is 1.83. The van der Waals surface area contributed by atoms with Gasteiger partial charge in [0.1, 0.15) is 13.2 Å². The molecule has 0 amide bonds. The largest absolute Gasteiger partial charge is 0.376 e. The van der Waals surface area contributed by atoms with Crippen molar-refractivity contribution < 1.29 is 23.9 Å². The second-order valence-corrected chi connectivity index (χ2v) is 2.04. The van der Waals surface area contributed by atoms with E-state index >= 15 is 0 Å². The third-order valence-electron chi connectivity index (χ3n) is 1.06. The van der Waals surface area contributed by atoms with Crippen LogP contribution in [0.25, 0.3) is 0 Å². The van der Waals surface area contributed by atoms with E-state index in [1.165, 1.54) is 14.2 Å². The van der Waals surface area contributed by atoms with Crippen LogP contribution in [-0.2, 0) is 23.9 Å². The van der Waals surface area contributed by atoms with E-state index in [0.717, 1.165) is 0 Å². The number of Topliss-reactive ketones (excluding diaryl/α,β-unsaturated/α-hetero) is 3. The SMILES string of the molecule is COCC(=O)C(=O)C(=O)COC. The second-order valence-electron chi connectivity index (χ2n) is 2.04. The molecule has 0 aromatic heterocycles. The van der Waals surface area contributed by atoms with Gasteiger partial charge >= 0.3 is 0 Å². The molecule has 0 aliphatic carbocycles. The molecule has 12 heavy (non-hydrogen) atoms. The van der Waals surface area contributed by atoms with E-state index in [2.05, 4.69) is 9.47 Å². The molecule has 0 fully saturated rings. The molecule has 0 N–H and O–H groups in total. The zero-order valence-electron chi connectivity index (χ0n) is 6.96. The molecule has 0 saturated heterocycles. The summed E-state index contributed by atoms with van der Waals surface area (Å²) in [5.74, 6) is -2.77. The summed E-state index contributed by atoms with van der Waals surface area (Å²) in [7, 11) is 2.54. The highest BCUT2D eigenvalue weighted by atomic mass is 16.5. The van der Waals surface area contributed by atoms with Crippen molar-refractivity contribution in [3.63, 3.8) is 0 Å². The normalized spacial score (nSPS) is 9.50. The van der Waals surface area contributed by atoms with Crippen molar-refractivity contribution in [2.24, 2.45) is 0 Å². The van der Waals surface area contributed by atoms with Gasteiger partial charge in [-0.15, -0.1) is 0 Å². The summed E-state index contributed by atoms with van der Waals surface area (Å²) < 4.78 is 8.78. The Labute approximate surface area is 69.6 Å². The van der Waals surface area contributed by atoms with Gasteiger partial charge in [-0.25, -0.2) is 0 Å². The minimum absolute atomic E-state index is 0.367. The van der Waals surface area contributed by atoms with Crippen LogP contribution >= 0.6 is 0 Å². The van der Waals surface area contributed by atoms with Gasteiger partial charge in [-0.3, -0.25) is 14.4 Å². The van der Waals surface area contributed by atoms with Crippen molar-refractivity contribution in [2.75, 3.05) is 27.4 Å². The minimum atomic E-state index is -1.07. The van der Waals surface area contributed by atoms with Crippen LogP contribution in [0.15, 0.2) is 0 Å². The molecule has 0 atom stereocenters. The Bertz CT molecular complexity index is 176. The van der Waals surface area contributed by atoms with Gasteiger partial charge in [-0.1, -0.05) is 0 Å². The van der Waals surface area contributed by atoms with Crippen molar-refractivity contribution in [1.82, 2.24) is 0 Å².